The molecule has 0 radical (unpaired) electrons. The number of carbonyl (C=O) groups excluding carboxylic acids is 2. The van der Waals surface area contributed by atoms with Crippen LogP contribution in [0.5, 0.6) is 0 Å². The second-order valence-electron chi connectivity index (χ2n) is 1.61. The molecule has 0 atom stereocenters. The van der Waals surface area contributed by atoms with Gasteiger partial charge < -0.3 is 4.74 Å². The van der Waals surface area contributed by atoms with Gasteiger partial charge in [-0.15, -0.1) is 0 Å². The van der Waals surface area contributed by atoms with Gasteiger partial charge in [-0.2, -0.15) is 13.2 Å². The summed E-state index contributed by atoms with van der Waals surface area (Å²) in [5, 5.41) is 0. The molecule has 0 saturated heterocycles. The van der Waals surface area contributed by atoms with Gasteiger partial charge in [0.2, 0.25) is 0 Å². The Morgan fingerprint density at radius 2 is 1.75 bits per heavy atom. The fraction of sp³-hybridized carbons (Fsp3) is 0.600. The van der Waals surface area contributed by atoms with Crippen molar-refractivity contribution in [2.24, 2.45) is 0 Å². The Morgan fingerprint density at radius 1 is 1.33 bits per heavy atom. The third-order valence-corrected chi connectivity index (χ3v) is 0.727. The van der Waals surface area contributed by atoms with E-state index >= 15 is 0 Å². The predicted molar refractivity (Wildman–Crippen MR) is 34.6 cm³/mol. The van der Waals surface area contributed by atoms with Gasteiger partial charge in [-0.25, -0.2) is 4.79 Å². The molecule has 0 aromatic rings. The summed E-state index contributed by atoms with van der Waals surface area (Å²) < 4.78 is 37.3. The molecule has 0 saturated carbocycles. The molecule has 0 aromatic heterocycles. The van der Waals surface area contributed by atoms with E-state index < -0.39 is 18.1 Å². The summed E-state index contributed by atoms with van der Waals surface area (Å²) in [4.78, 5) is 20.0. The first kappa shape index (κ1) is 14.5. The molecule has 0 aliphatic rings. The Balaban J connectivity index is 0. The molecular formula is C5H6F3NaO3. The molecule has 0 aromatic carbocycles. The zero-order valence-corrected chi connectivity index (χ0v) is 5.57. The van der Waals surface area contributed by atoms with Crippen LogP contribution in [0.15, 0.2) is 0 Å². The monoisotopic (exact) mass is 194 g/mol. The van der Waals surface area contributed by atoms with Gasteiger partial charge >= 0.3 is 47.7 Å². The van der Waals surface area contributed by atoms with Crippen molar-refractivity contribution in [3.8, 4) is 0 Å². The molecule has 0 heterocycles. The van der Waals surface area contributed by atoms with E-state index in [1.807, 2.05) is 0 Å². The first-order valence-electron chi connectivity index (χ1n) is 2.69. The summed E-state index contributed by atoms with van der Waals surface area (Å²) >= 11 is 0. The minimum absolute atomic E-state index is 0. The fourth-order valence-corrected chi connectivity index (χ4v) is 0.233. The van der Waals surface area contributed by atoms with E-state index in [0.29, 0.717) is 0 Å². The van der Waals surface area contributed by atoms with E-state index in [1.54, 1.807) is 0 Å². The average Bonchev–Trinajstić information content (AvgIpc) is 1.85. The number of alkyl halides is 3. The maximum atomic E-state index is 11.3. The van der Waals surface area contributed by atoms with Gasteiger partial charge in [0.05, 0.1) is 0 Å². The van der Waals surface area contributed by atoms with Crippen molar-refractivity contribution in [2.45, 2.75) is 19.5 Å². The Morgan fingerprint density at radius 3 is 2.00 bits per heavy atom. The van der Waals surface area contributed by atoms with Gasteiger partial charge in [0.15, 0.2) is 0 Å². The Kier molecular flexibility index (Phi) is 6.69. The van der Waals surface area contributed by atoms with Crippen molar-refractivity contribution in [1.82, 2.24) is 0 Å². The zero-order valence-electron chi connectivity index (χ0n) is 5.57. The first-order valence-corrected chi connectivity index (χ1v) is 2.69. The third-order valence-electron chi connectivity index (χ3n) is 0.727. The number of halogens is 3. The van der Waals surface area contributed by atoms with Gasteiger partial charge in [-0.05, 0) is 0 Å². The molecule has 0 N–H and O–H groups in total. The van der Waals surface area contributed by atoms with E-state index in [0.717, 1.165) is 0 Å². The molecule has 0 aliphatic heterocycles. The second kappa shape index (κ2) is 5.55. The SMILES string of the molecule is CCC(=O)OC(=O)C(F)(F)F.[NaH]. The number of ether oxygens (including phenoxy) is 1. The van der Waals surface area contributed by atoms with Crippen molar-refractivity contribution in [1.29, 1.82) is 0 Å². The Bertz CT molecular complexity index is 177. The van der Waals surface area contributed by atoms with Crippen molar-refractivity contribution in [2.75, 3.05) is 0 Å². The molecule has 0 rings (SSSR count). The Labute approximate surface area is 88.5 Å². The fourth-order valence-electron chi connectivity index (χ4n) is 0.233. The van der Waals surface area contributed by atoms with Crippen LogP contribution in [0.25, 0.3) is 0 Å². The standard InChI is InChI=1S/C5H5F3O3.Na.H/c1-2-3(9)11-4(10)5(6,7)8;;/h2H2,1H3;;. The zero-order chi connectivity index (χ0) is 9.07. The molecule has 0 unspecified atom stereocenters. The summed E-state index contributed by atoms with van der Waals surface area (Å²) in [5.74, 6) is -3.66. The first-order chi connectivity index (χ1) is 4.88. The quantitative estimate of drug-likeness (QED) is 0.344. The topological polar surface area (TPSA) is 43.4 Å². The molecule has 0 fully saturated rings. The maximum absolute atomic E-state index is 11.3. The van der Waals surface area contributed by atoms with E-state index in [1.165, 1.54) is 6.92 Å². The van der Waals surface area contributed by atoms with Crippen molar-refractivity contribution in [3.05, 3.63) is 0 Å². The van der Waals surface area contributed by atoms with Gasteiger partial charge in [0, 0.05) is 6.42 Å². The summed E-state index contributed by atoms with van der Waals surface area (Å²) in [7, 11) is 0. The molecule has 0 spiro atoms. The molecule has 66 valence electrons. The van der Waals surface area contributed by atoms with Crippen LogP contribution in [0.4, 0.5) is 13.2 Å². The average molecular weight is 194 g/mol. The number of carbonyl (C=O) groups is 2. The van der Waals surface area contributed by atoms with Crippen LogP contribution >= 0.6 is 0 Å². The summed E-state index contributed by atoms with van der Waals surface area (Å²) in [6.07, 6.45) is -5.35. The minimum atomic E-state index is -5.09. The van der Waals surface area contributed by atoms with E-state index in [2.05, 4.69) is 4.74 Å². The van der Waals surface area contributed by atoms with Crippen LogP contribution in [0, 0.1) is 0 Å². The molecule has 12 heavy (non-hydrogen) atoms. The predicted octanol–water partition coefficient (Wildman–Crippen LogP) is 0.380. The van der Waals surface area contributed by atoms with Crippen LogP contribution in [-0.2, 0) is 14.3 Å². The van der Waals surface area contributed by atoms with Crippen molar-refractivity contribution < 1.29 is 27.5 Å². The summed E-state index contributed by atoms with van der Waals surface area (Å²) in [5.41, 5.74) is 0. The molecular weight excluding hydrogens is 188 g/mol. The van der Waals surface area contributed by atoms with E-state index in [4.69, 9.17) is 0 Å². The van der Waals surface area contributed by atoms with Crippen LogP contribution in [0.1, 0.15) is 13.3 Å². The number of rotatable bonds is 1. The number of hydrogen-bond donors (Lipinski definition) is 0. The van der Waals surface area contributed by atoms with Gasteiger partial charge in [-0.3, -0.25) is 4.79 Å². The van der Waals surface area contributed by atoms with Crippen LogP contribution in [-0.4, -0.2) is 47.7 Å². The number of esters is 2. The van der Waals surface area contributed by atoms with Crippen LogP contribution in [0.3, 0.4) is 0 Å². The van der Waals surface area contributed by atoms with E-state index in [9.17, 15) is 22.8 Å². The molecule has 0 bridgehead atoms. The van der Waals surface area contributed by atoms with Gasteiger partial charge in [0.25, 0.3) is 0 Å². The summed E-state index contributed by atoms with van der Waals surface area (Å²) in [6, 6.07) is 0. The molecule has 7 heteroatoms. The van der Waals surface area contributed by atoms with Gasteiger partial charge in [-0.1, -0.05) is 6.92 Å². The molecule has 0 amide bonds. The Hall–Kier alpha value is -0.0700. The van der Waals surface area contributed by atoms with E-state index in [-0.39, 0.29) is 36.0 Å². The number of hydrogen-bond acceptors (Lipinski definition) is 3. The molecule has 0 aliphatic carbocycles. The summed E-state index contributed by atoms with van der Waals surface area (Å²) in [6.45, 7) is 1.28. The second-order valence-corrected chi connectivity index (χ2v) is 1.61. The third kappa shape index (κ3) is 5.56. The van der Waals surface area contributed by atoms with Crippen molar-refractivity contribution >= 4 is 41.5 Å². The van der Waals surface area contributed by atoms with Crippen LogP contribution < -0.4 is 0 Å². The normalized spacial score (nSPS) is 10.0. The van der Waals surface area contributed by atoms with Crippen LogP contribution in [0.2, 0.25) is 0 Å². The van der Waals surface area contributed by atoms with Crippen molar-refractivity contribution in [3.63, 3.8) is 0 Å². The molecule has 3 nitrogen and oxygen atoms in total. The van der Waals surface area contributed by atoms with Gasteiger partial charge in [0.1, 0.15) is 0 Å².